The molecule has 4 nitrogen and oxygen atoms in total. The molecule has 23 heavy (non-hydrogen) atoms. The molecule has 1 amide bonds. The first-order valence-corrected chi connectivity index (χ1v) is 8.66. The molecular weight excluding hydrogens is 358 g/mol. The molecule has 2 atom stereocenters. The summed E-state index contributed by atoms with van der Waals surface area (Å²) in [5, 5.41) is 0. The van der Waals surface area contributed by atoms with Crippen molar-refractivity contribution in [3.63, 3.8) is 0 Å². The second-order valence-electron chi connectivity index (χ2n) is 7.12. The van der Waals surface area contributed by atoms with Gasteiger partial charge in [0.05, 0.1) is 12.3 Å². The Bertz CT molecular complexity index is 620. The number of hydrogen-bond acceptors (Lipinski definition) is 3. The van der Waals surface area contributed by atoms with Crippen molar-refractivity contribution < 1.29 is 14.3 Å². The van der Waals surface area contributed by atoms with E-state index in [0.717, 1.165) is 10.9 Å². The fraction of sp³-hybridized carbons (Fsp3) is 0.500. The fourth-order valence-electron chi connectivity index (χ4n) is 3.39. The summed E-state index contributed by atoms with van der Waals surface area (Å²) in [5.41, 5.74) is 0.512. The minimum Gasteiger partial charge on any atom is -0.499 e. The van der Waals surface area contributed by atoms with Gasteiger partial charge in [-0.15, -0.1) is 0 Å². The molecule has 0 saturated carbocycles. The molecule has 5 heteroatoms. The van der Waals surface area contributed by atoms with Gasteiger partial charge in [0.15, 0.2) is 0 Å². The van der Waals surface area contributed by atoms with E-state index in [1.807, 2.05) is 37.8 Å². The number of carbonyl (C=O) groups excluding carboxylic acids is 1. The third-order valence-corrected chi connectivity index (χ3v) is 4.99. The molecule has 1 fully saturated rings. The molecule has 3 rings (SSSR count). The molecule has 1 aromatic rings. The predicted molar refractivity (Wildman–Crippen MR) is 92.3 cm³/mol. The van der Waals surface area contributed by atoms with E-state index < -0.39 is 5.60 Å². The summed E-state index contributed by atoms with van der Waals surface area (Å²) >= 11 is 3.48. The Labute approximate surface area is 145 Å². The highest BCUT2D eigenvalue weighted by Crippen LogP contribution is 2.44. The van der Waals surface area contributed by atoms with Crippen LogP contribution < -0.4 is 0 Å². The third kappa shape index (κ3) is 3.11. The van der Waals surface area contributed by atoms with Crippen LogP contribution in [0, 0.1) is 0 Å². The summed E-state index contributed by atoms with van der Waals surface area (Å²) in [6.07, 6.45) is 4.46. The first-order valence-electron chi connectivity index (χ1n) is 7.87. The van der Waals surface area contributed by atoms with Crippen LogP contribution in [0.4, 0.5) is 4.79 Å². The largest absolute Gasteiger partial charge is 0.499 e. The van der Waals surface area contributed by atoms with Gasteiger partial charge in [0.25, 0.3) is 0 Å². The maximum atomic E-state index is 12.6. The molecule has 2 aliphatic heterocycles. The van der Waals surface area contributed by atoms with Crippen LogP contribution in [0.2, 0.25) is 0 Å². The van der Waals surface area contributed by atoms with Gasteiger partial charge in [-0.1, -0.05) is 28.1 Å². The van der Waals surface area contributed by atoms with E-state index in [0.29, 0.717) is 13.2 Å². The number of likely N-dealkylation sites (tertiary alicyclic amines) is 1. The number of fused-ring (bicyclic) bond motifs is 1. The van der Waals surface area contributed by atoms with Crippen LogP contribution in [0.1, 0.15) is 32.8 Å². The lowest BCUT2D eigenvalue weighted by molar-refractivity contribution is 0.0111. The maximum absolute atomic E-state index is 12.6. The summed E-state index contributed by atoms with van der Waals surface area (Å²) < 4.78 is 12.1. The van der Waals surface area contributed by atoms with Gasteiger partial charge in [0.1, 0.15) is 12.2 Å². The molecule has 2 heterocycles. The Kier molecular flexibility index (Phi) is 4.17. The Morgan fingerprint density at radius 1 is 1.35 bits per heavy atom. The van der Waals surface area contributed by atoms with Crippen molar-refractivity contribution in [1.82, 2.24) is 4.90 Å². The van der Waals surface area contributed by atoms with E-state index in [1.54, 1.807) is 6.26 Å². The molecule has 0 aromatic heterocycles. The summed E-state index contributed by atoms with van der Waals surface area (Å²) in [6, 6.07) is 8.28. The lowest BCUT2D eigenvalue weighted by atomic mass is 9.73. The van der Waals surface area contributed by atoms with E-state index in [1.165, 1.54) is 5.56 Å². The molecule has 0 N–H and O–H groups in total. The topological polar surface area (TPSA) is 38.8 Å². The molecule has 2 aliphatic rings. The second-order valence-corrected chi connectivity index (χ2v) is 8.04. The Balaban J connectivity index is 1.91. The van der Waals surface area contributed by atoms with E-state index in [4.69, 9.17) is 9.47 Å². The molecule has 1 saturated heterocycles. The average Bonchev–Trinajstić information content (AvgIpc) is 2.87. The van der Waals surface area contributed by atoms with Gasteiger partial charge in [-0.3, -0.25) is 0 Å². The zero-order valence-electron chi connectivity index (χ0n) is 13.7. The van der Waals surface area contributed by atoms with Crippen molar-refractivity contribution in [3.8, 4) is 0 Å². The molecule has 2 unspecified atom stereocenters. The minimum atomic E-state index is -0.495. The van der Waals surface area contributed by atoms with Gasteiger partial charge < -0.3 is 14.4 Å². The van der Waals surface area contributed by atoms with Gasteiger partial charge in [-0.25, -0.2) is 4.79 Å². The normalized spacial score (nSPS) is 26.6. The molecule has 0 bridgehead atoms. The highest BCUT2D eigenvalue weighted by Gasteiger charge is 2.51. The van der Waals surface area contributed by atoms with Crippen LogP contribution in [0.15, 0.2) is 41.1 Å². The van der Waals surface area contributed by atoms with Gasteiger partial charge >= 0.3 is 6.09 Å². The lowest BCUT2D eigenvalue weighted by Crippen LogP contribution is -2.49. The maximum Gasteiger partial charge on any atom is 0.410 e. The van der Waals surface area contributed by atoms with Crippen molar-refractivity contribution in [2.45, 2.75) is 44.2 Å². The molecule has 124 valence electrons. The van der Waals surface area contributed by atoms with E-state index in [2.05, 4.69) is 34.1 Å². The SMILES string of the molecule is CC(C)(C)OC(=O)N1CCC2(c3ccc(Br)cc3)C=COCC12. The van der Waals surface area contributed by atoms with Crippen molar-refractivity contribution in [2.24, 2.45) is 0 Å². The van der Waals surface area contributed by atoms with E-state index in [-0.39, 0.29) is 17.6 Å². The summed E-state index contributed by atoms with van der Waals surface area (Å²) in [6.45, 7) is 6.83. The predicted octanol–water partition coefficient (Wildman–Crippen LogP) is 4.24. The number of carbonyl (C=O) groups is 1. The molecule has 0 aliphatic carbocycles. The Morgan fingerprint density at radius 3 is 2.70 bits per heavy atom. The van der Waals surface area contributed by atoms with Crippen molar-refractivity contribution in [1.29, 1.82) is 0 Å². The number of rotatable bonds is 1. The molecule has 0 spiro atoms. The van der Waals surface area contributed by atoms with E-state index in [9.17, 15) is 4.79 Å². The molecule has 0 radical (unpaired) electrons. The fourth-order valence-corrected chi connectivity index (χ4v) is 3.65. The summed E-state index contributed by atoms with van der Waals surface area (Å²) in [5.74, 6) is 0. The van der Waals surface area contributed by atoms with Crippen LogP contribution in [0.5, 0.6) is 0 Å². The third-order valence-electron chi connectivity index (χ3n) is 4.46. The zero-order valence-corrected chi connectivity index (χ0v) is 15.3. The number of halogens is 1. The highest BCUT2D eigenvalue weighted by molar-refractivity contribution is 9.10. The average molecular weight is 380 g/mol. The lowest BCUT2D eigenvalue weighted by Gasteiger charge is -2.38. The van der Waals surface area contributed by atoms with Crippen LogP contribution in [0.3, 0.4) is 0 Å². The van der Waals surface area contributed by atoms with Crippen LogP contribution >= 0.6 is 15.9 Å². The number of ether oxygens (including phenoxy) is 2. The number of nitrogens with zero attached hydrogens (tertiary/aromatic N) is 1. The Morgan fingerprint density at radius 2 is 2.04 bits per heavy atom. The van der Waals surface area contributed by atoms with Gasteiger partial charge in [0.2, 0.25) is 0 Å². The van der Waals surface area contributed by atoms with Gasteiger partial charge in [-0.05, 0) is 51.0 Å². The minimum absolute atomic E-state index is 0.0384. The van der Waals surface area contributed by atoms with Crippen LogP contribution in [-0.2, 0) is 14.9 Å². The van der Waals surface area contributed by atoms with Crippen molar-refractivity contribution in [3.05, 3.63) is 46.6 Å². The van der Waals surface area contributed by atoms with Crippen molar-refractivity contribution in [2.75, 3.05) is 13.2 Å². The summed E-state index contributed by atoms with van der Waals surface area (Å²) in [4.78, 5) is 14.4. The van der Waals surface area contributed by atoms with Crippen LogP contribution in [0.25, 0.3) is 0 Å². The monoisotopic (exact) mass is 379 g/mol. The quantitative estimate of drug-likeness (QED) is 0.732. The van der Waals surface area contributed by atoms with Gasteiger partial charge in [-0.2, -0.15) is 0 Å². The number of hydrogen-bond donors (Lipinski definition) is 0. The van der Waals surface area contributed by atoms with Crippen molar-refractivity contribution >= 4 is 22.0 Å². The number of benzene rings is 1. The summed E-state index contributed by atoms with van der Waals surface area (Å²) in [7, 11) is 0. The molecular formula is C18H22BrNO3. The standard InChI is InChI=1S/C18H22BrNO3/c1-17(2,3)23-16(21)20-10-8-18(9-11-22-12-15(18)20)13-4-6-14(19)7-5-13/h4-7,9,11,15H,8,10,12H2,1-3H3. The first-order chi connectivity index (χ1) is 10.8. The first kappa shape index (κ1) is 16.4. The number of amides is 1. The van der Waals surface area contributed by atoms with Crippen LogP contribution in [-0.4, -0.2) is 35.8 Å². The molecule has 1 aromatic carbocycles. The smallest absolute Gasteiger partial charge is 0.410 e. The second kappa shape index (κ2) is 5.86. The van der Waals surface area contributed by atoms with Gasteiger partial charge in [0, 0.05) is 16.4 Å². The zero-order chi connectivity index (χ0) is 16.7. The highest BCUT2D eigenvalue weighted by atomic mass is 79.9. The Hall–Kier alpha value is -1.49. The van der Waals surface area contributed by atoms with E-state index >= 15 is 0 Å².